The van der Waals surface area contributed by atoms with Gasteiger partial charge in [0.25, 0.3) is 0 Å². The lowest BCUT2D eigenvalue weighted by atomic mass is 10.2. The summed E-state index contributed by atoms with van der Waals surface area (Å²) in [4.78, 5) is 24.1. The second-order valence-electron chi connectivity index (χ2n) is 5.43. The van der Waals surface area contributed by atoms with Gasteiger partial charge in [-0.2, -0.15) is 5.10 Å². The molecule has 1 amide bonds. The van der Waals surface area contributed by atoms with E-state index in [1.807, 2.05) is 12.1 Å². The number of carbonyl (C=O) groups is 2. The lowest BCUT2D eigenvalue weighted by molar-refractivity contribution is -0.142. The van der Waals surface area contributed by atoms with Gasteiger partial charge in [0.1, 0.15) is 0 Å². The smallest absolute Gasteiger partial charge is 0.343 e. The van der Waals surface area contributed by atoms with Crippen molar-refractivity contribution < 1.29 is 23.8 Å². The zero-order chi connectivity index (χ0) is 21.2. The number of nitrogens with zero attached hydrogens (tertiary/aromatic N) is 1. The van der Waals surface area contributed by atoms with Crippen LogP contribution in [-0.2, 0) is 14.3 Å². The first-order valence-electron chi connectivity index (χ1n) is 8.20. The number of benzene rings is 2. The van der Waals surface area contributed by atoms with Crippen molar-refractivity contribution in [3.05, 3.63) is 51.5 Å². The van der Waals surface area contributed by atoms with Crippen molar-refractivity contribution in [1.82, 2.24) is 5.43 Å². The number of hydrogen-bond donors (Lipinski definition) is 1. The van der Waals surface area contributed by atoms with Gasteiger partial charge in [0, 0.05) is 20.0 Å². The Bertz CT molecular complexity index is 893. The second-order valence-corrected chi connectivity index (χ2v) is 7.76. The first kappa shape index (κ1) is 23.1. The van der Waals surface area contributed by atoms with Gasteiger partial charge < -0.3 is 14.2 Å². The molecule has 0 aliphatic heterocycles. The molecule has 0 fully saturated rings. The number of esters is 1. The van der Waals surface area contributed by atoms with E-state index in [2.05, 4.69) is 31.2 Å². The minimum absolute atomic E-state index is 0.212. The van der Waals surface area contributed by atoms with E-state index >= 15 is 0 Å². The highest BCUT2D eigenvalue weighted by Gasteiger charge is 2.11. The molecule has 0 unspecified atom stereocenters. The molecule has 0 heterocycles. The van der Waals surface area contributed by atoms with E-state index in [0.717, 1.165) is 4.90 Å². The third-order valence-corrected chi connectivity index (χ3v) is 5.38. The summed E-state index contributed by atoms with van der Waals surface area (Å²) in [6, 6.07) is 10.5. The van der Waals surface area contributed by atoms with E-state index < -0.39 is 5.97 Å². The molecule has 0 aliphatic rings. The van der Waals surface area contributed by atoms with Crippen molar-refractivity contribution in [3.63, 3.8) is 0 Å². The molecular formula is C19H18BrClN2O5S. The van der Waals surface area contributed by atoms with Gasteiger partial charge in [-0.15, -0.1) is 11.8 Å². The molecule has 0 saturated heterocycles. The standard InChI is InChI=1S/C19H18BrClN2O5S/c1-26-16-7-12(15(20)8-17(16)28-10-19(25)27-2)9-22-23-18(24)11-29-14-5-3-13(21)4-6-14/h3-9H,10-11H2,1-2H3,(H,23,24)/b22-9-. The van der Waals surface area contributed by atoms with E-state index in [9.17, 15) is 9.59 Å². The molecule has 7 nitrogen and oxygen atoms in total. The molecule has 2 aromatic rings. The summed E-state index contributed by atoms with van der Waals surface area (Å²) < 4.78 is 15.8. The number of thioether (sulfide) groups is 1. The average Bonchev–Trinajstić information content (AvgIpc) is 2.72. The Balaban J connectivity index is 1.93. The van der Waals surface area contributed by atoms with Crippen molar-refractivity contribution in [2.75, 3.05) is 26.6 Å². The van der Waals surface area contributed by atoms with Crippen LogP contribution in [0.2, 0.25) is 5.02 Å². The summed E-state index contributed by atoms with van der Waals surface area (Å²) in [7, 11) is 2.76. The van der Waals surface area contributed by atoms with Gasteiger partial charge in [0.05, 0.1) is 26.2 Å². The van der Waals surface area contributed by atoms with Crippen LogP contribution in [-0.4, -0.2) is 44.7 Å². The molecule has 2 rings (SSSR count). The summed E-state index contributed by atoms with van der Waals surface area (Å²) in [6.45, 7) is -0.242. The highest BCUT2D eigenvalue weighted by Crippen LogP contribution is 2.33. The Labute approximate surface area is 185 Å². The molecule has 2 aromatic carbocycles. The second kappa shape index (κ2) is 11.7. The third kappa shape index (κ3) is 7.60. The average molecular weight is 502 g/mol. The minimum Gasteiger partial charge on any atom is -0.493 e. The normalized spacial score (nSPS) is 10.6. The van der Waals surface area contributed by atoms with Gasteiger partial charge in [0.15, 0.2) is 18.1 Å². The number of hydrazone groups is 1. The van der Waals surface area contributed by atoms with Crippen molar-refractivity contribution in [2.45, 2.75) is 4.90 Å². The van der Waals surface area contributed by atoms with Crippen LogP contribution in [0.4, 0.5) is 0 Å². The Kier molecular flexibility index (Phi) is 9.30. The summed E-state index contributed by atoms with van der Waals surface area (Å²) in [6.07, 6.45) is 1.47. The fraction of sp³-hybridized carbons (Fsp3) is 0.211. The number of ether oxygens (including phenoxy) is 3. The summed E-state index contributed by atoms with van der Waals surface area (Å²) in [5.41, 5.74) is 3.12. The first-order valence-corrected chi connectivity index (χ1v) is 10.4. The molecular weight excluding hydrogens is 484 g/mol. The maximum absolute atomic E-state index is 11.9. The molecule has 0 saturated carbocycles. The fourth-order valence-corrected chi connectivity index (χ4v) is 3.25. The lowest BCUT2D eigenvalue weighted by Crippen LogP contribution is -2.19. The summed E-state index contributed by atoms with van der Waals surface area (Å²) in [5, 5.41) is 4.61. The minimum atomic E-state index is -0.506. The van der Waals surface area contributed by atoms with Crippen LogP contribution in [0.15, 0.2) is 50.9 Å². The van der Waals surface area contributed by atoms with Crippen molar-refractivity contribution >= 4 is 57.4 Å². The van der Waals surface area contributed by atoms with Crippen LogP contribution in [0, 0.1) is 0 Å². The predicted octanol–water partition coefficient (Wildman–Crippen LogP) is 3.91. The zero-order valence-electron chi connectivity index (χ0n) is 15.6. The largest absolute Gasteiger partial charge is 0.493 e. The Hall–Kier alpha value is -2.23. The molecule has 10 heteroatoms. The highest BCUT2D eigenvalue weighted by atomic mass is 79.9. The van der Waals surface area contributed by atoms with Crippen LogP contribution in [0.3, 0.4) is 0 Å². The third-order valence-electron chi connectivity index (χ3n) is 3.43. The van der Waals surface area contributed by atoms with Gasteiger partial charge in [-0.3, -0.25) is 4.79 Å². The summed E-state index contributed by atoms with van der Waals surface area (Å²) >= 11 is 10.6. The van der Waals surface area contributed by atoms with E-state index in [4.69, 9.17) is 21.1 Å². The molecule has 0 aliphatic carbocycles. The maximum atomic E-state index is 11.9. The molecule has 1 N–H and O–H groups in total. The monoisotopic (exact) mass is 500 g/mol. The van der Waals surface area contributed by atoms with Gasteiger partial charge >= 0.3 is 5.97 Å². The number of amides is 1. The summed E-state index contributed by atoms with van der Waals surface area (Å²) in [5.74, 6) is 0.229. The topological polar surface area (TPSA) is 86.2 Å². The Morgan fingerprint density at radius 3 is 2.59 bits per heavy atom. The van der Waals surface area contributed by atoms with Gasteiger partial charge in [-0.1, -0.05) is 11.6 Å². The number of halogens is 2. The van der Waals surface area contributed by atoms with E-state index in [0.29, 0.717) is 26.6 Å². The molecule has 0 radical (unpaired) electrons. The Morgan fingerprint density at radius 1 is 1.21 bits per heavy atom. The van der Waals surface area contributed by atoms with Gasteiger partial charge in [-0.25, -0.2) is 10.2 Å². The molecule has 29 heavy (non-hydrogen) atoms. The number of nitrogens with one attached hydrogen (secondary N) is 1. The predicted molar refractivity (Wildman–Crippen MR) is 116 cm³/mol. The first-order chi connectivity index (χ1) is 13.9. The van der Waals surface area contributed by atoms with E-state index in [1.165, 1.54) is 32.2 Å². The van der Waals surface area contributed by atoms with Gasteiger partial charge in [0.2, 0.25) is 5.91 Å². The SMILES string of the molecule is COC(=O)COc1cc(Br)c(/C=N\NC(=O)CSc2ccc(Cl)cc2)cc1OC. The van der Waals surface area contributed by atoms with Crippen molar-refractivity contribution in [3.8, 4) is 11.5 Å². The van der Waals surface area contributed by atoms with E-state index in [-0.39, 0.29) is 18.3 Å². The molecule has 0 aromatic heterocycles. The molecule has 0 bridgehead atoms. The lowest BCUT2D eigenvalue weighted by Gasteiger charge is -2.11. The zero-order valence-corrected chi connectivity index (χ0v) is 18.8. The maximum Gasteiger partial charge on any atom is 0.343 e. The number of carbonyl (C=O) groups excluding carboxylic acids is 2. The molecule has 0 atom stereocenters. The van der Waals surface area contributed by atoms with Crippen LogP contribution in [0.5, 0.6) is 11.5 Å². The molecule has 154 valence electrons. The number of methoxy groups -OCH3 is 2. The van der Waals surface area contributed by atoms with E-state index in [1.54, 1.807) is 24.3 Å². The quantitative estimate of drug-likeness (QED) is 0.243. The van der Waals surface area contributed by atoms with Gasteiger partial charge in [-0.05, 0) is 52.3 Å². The number of rotatable bonds is 9. The highest BCUT2D eigenvalue weighted by molar-refractivity contribution is 9.10. The molecule has 0 spiro atoms. The number of hydrogen-bond acceptors (Lipinski definition) is 7. The van der Waals surface area contributed by atoms with Crippen LogP contribution in [0.25, 0.3) is 0 Å². The van der Waals surface area contributed by atoms with Crippen LogP contribution in [0.1, 0.15) is 5.56 Å². The Morgan fingerprint density at radius 2 is 1.93 bits per heavy atom. The van der Waals surface area contributed by atoms with Crippen molar-refractivity contribution in [2.24, 2.45) is 5.10 Å². The fourth-order valence-electron chi connectivity index (χ4n) is 2.00. The van der Waals surface area contributed by atoms with Crippen LogP contribution >= 0.6 is 39.3 Å². The van der Waals surface area contributed by atoms with Crippen LogP contribution < -0.4 is 14.9 Å². The van der Waals surface area contributed by atoms with Crippen molar-refractivity contribution in [1.29, 1.82) is 0 Å².